The predicted octanol–water partition coefficient (Wildman–Crippen LogP) is 8.42. The molecular weight excluding hydrogens is 553 g/mol. The lowest BCUT2D eigenvalue weighted by Crippen LogP contribution is -2.26. The molecule has 0 saturated carbocycles. The SMILES string of the molecule is CC1=C(C)C(=O)C(CCC(C)(O)CCCC(CCCC(C)CCCC(C)C)CN=[N+]=[N-])=C(I)C1=O. The van der Waals surface area contributed by atoms with Crippen LogP contribution in [0, 0.1) is 17.8 Å². The van der Waals surface area contributed by atoms with E-state index in [1.54, 1.807) is 13.8 Å². The smallest absolute Gasteiger partial charge is 0.195 e. The molecule has 35 heavy (non-hydrogen) atoms. The van der Waals surface area contributed by atoms with E-state index in [9.17, 15) is 14.7 Å². The van der Waals surface area contributed by atoms with E-state index >= 15 is 0 Å². The van der Waals surface area contributed by atoms with Crippen LogP contribution < -0.4 is 0 Å². The second kappa shape index (κ2) is 15.8. The van der Waals surface area contributed by atoms with Gasteiger partial charge in [0.05, 0.1) is 9.18 Å². The summed E-state index contributed by atoms with van der Waals surface area (Å²) in [6.45, 7) is 12.6. The summed E-state index contributed by atoms with van der Waals surface area (Å²) in [6, 6.07) is 0. The summed E-state index contributed by atoms with van der Waals surface area (Å²) in [5.41, 5.74) is 9.43. The highest BCUT2D eigenvalue weighted by atomic mass is 127. The highest BCUT2D eigenvalue weighted by Gasteiger charge is 2.30. The lowest BCUT2D eigenvalue weighted by molar-refractivity contribution is -0.116. The normalized spacial score (nSPS) is 18.1. The third-order valence-corrected chi connectivity index (χ3v) is 8.56. The lowest BCUT2D eigenvalue weighted by atomic mass is 9.84. The maximum atomic E-state index is 12.7. The minimum absolute atomic E-state index is 0.0739. The molecular formula is C28H46IN3O3. The van der Waals surface area contributed by atoms with Gasteiger partial charge in [0.2, 0.25) is 0 Å². The summed E-state index contributed by atoms with van der Waals surface area (Å²) >= 11 is 1.97. The molecule has 7 heteroatoms. The van der Waals surface area contributed by atoms with Crippen molar-refractivity contribution in [3.05, 3.63) is 30.7 Å². The number of nitrogens with zero attached hydrogens (tertiary/aromatic N) is 3. The van der Waals surface area contributed by atoms with Gasteiger partial charge in [-0.2, -0.15) is 0 Å². The fraction of sp³-hybridized carbons (Fsp3) is 0.786. The monoisotopic (exact) mass is 599 g/mol. The maximum absolute atomic E-state index is 12.7. The van der Waals surface area contributed by atoms with Crippen molar-refractivity contribution in [2.24, 2.45) is 22.9 Å². The van der Waals surface area contributed by atoms with Crippen molar-refractivity contribution < 1.29 is 14.7 Å². The van der Waals surface area contributed by atoms with Crippen molar-refractivity contribution in [2.75, 3.05) is 6.54 Å². The molecule has 0 aliphatic heterocycles. The van der Waals surface area contributed by atoms with Gasteiger partial charge in [0, 0.05) is 28.2 Å². The van der Waals surface area contributed by atoms with E-state index in [1.807, 2.05) is 29.5 Å². The van der Waals surface area contributed by atoms with Gasteiger partial charge >= 0.3 is 0 Å². The molecule has 0 fully saturated rings. The Kier molecular flexibility index (Phi) is 14.4. The summed E-state index contributed by atoms with van der Waals surface area (Å²) in [7, 11) is 0. The molecule has 1 rings (SSSR count). The number of ketones is 2. The second-order valence-electron chi connectivity index (χ2n) is 11.2. The number of hydrogen-bond acceptors (Lipinski definition) is 4. The van der Waals surface area contributed by atoms with Gasteiger partial charge in [0.15, 0.2) is 11.6 Å². The minimum Gasteiger partial charge on any atom is -0.390 e. The highest BCUT2D eigenvalue weighted by molar-refractivity contribution is 14.1. The number of aliphatic hydroxyl groups is 1. The van der Waals surface area contributed by atoms with Gasteiger partial charge < -0.3 is 5.11 Å². The number of carbonyl (C=O) groups is 2. The molecule has 0 aromatic carbocycles. The van der Waals surface area contributed by atoms with Crippen LogP contribution >= 0.6 is 22.6 Å². The molecule has 3 atom stereocenters. The molecule has 1 N–H and O–H groups in total. The molecule has 3 unspecified atom stereocenters. The number of allylic oxidation sites excluding steroid dienone is 4. The number of halogens is 1. The fourth-order valence-electron chi connectivity index (χ4n) is 4.74. The van der Waals surface area contributed by atoms with Crippen LogP contribution in [-0.2, 0) is 9.59 Å². The Labute approximate surface area is 226 Å². The Morgan fingerprint density at radius 2 is 1.51 bits per heavy atom. The number of rotatable bonds is 17. The molecule has 1 aliphatic carbocycles. The number of carbonyl (C=O) groups excluding carboxylic acids is 2. The summed E-state index contributed by atoms with van der Waals surface area (Å²) in [5.74, 6) is 1.68. The highest BCUT2D eigenvalue weighted by Crippen LogP contribution is 2.33. The fourth-order valence-corrected chi connectivity index (χ4v) is 5.65. The maximum Gasteiger partial charge on any atom is 0.195 e. The van der Waals surface area contributed by atoms with Gasteiger partial charge in [-0.25, -0.2) is 0 Å². The summed E-state index contributed by atoms with van der Waals surface area (Å²) in [6.07, 6.45) is 10.5. The Morgan fingerprint density at radius 1 is 0.943 bits per heavy atom. The van der Waals surface area contributed by atoms with E-state index in [2.05, 4.69) is 30.8 Å². The van der Waals surface area contributed by atoms with Crippen LogP contribution in [0.3, 0.4) is 0 Å². The van der Waals surface area contributed by atoms with E-state index in [0.29, 0.717) is 52.0 Å². The third-order valence-electron chi connectivity index (χ3n) is 7.41. The van der Waals surface area contributed by atoms with E-state index < -0.39 is 5.60 Å². The first-order valence-corrected chi connectivity index (χ1v) is 14.4. The van der Waals surface area contributed by atoms with Crippen LogP contribution in [0.5, 0.6) is 0 Å². The van der Waals surface area contributed by atoms with Crippen LogP contribution in [0.1, 0.15) is 112 Å². The molecule has 0 saturated heterocycles. The van der Waals surface area contributed by atoms with E-state index in [1.165, 1.54) is 25.7 Å². The molecule has 1 aliphatic rings. The van der Waals surface area contributed by atoms with Crippen molar-refractivity contribution in [3.8, 4) is 0 Å². The average molecular weight is 600 g/mol. The molecule has 6 nitrogen and oxygen atoms in total. The summed E-state index contributed by atoms with van der Waals surface area (Å²) in [5, 5.41) is 14.8. The first-order valence-electron chi connectivity index (χ1n) is 13.3. The predicted molar refractivity (Wildman–Crippen MR) is 152 cm³/mol. The van der Waals surface area contributed by atoms with Crippen molar-refractivity contribution in [2.45, 2.75) is 118 Å². The van der Waals surface area contributed by atoms with E-state index in [4.69, 9.17) is 5.53 Å². The standard InChI is InChI=1S/C28H46IN3O3/c1-19(2)10-7-11-20(3)12-8-13-23(18-31-32-30)14-9-16-28(6,35)17-15-24-25(29)27(34)22(5)21(4)26(24)33/h19-20,23,35H,7-18H2,1-6H3. The molecule has 0 aromatic heterocycles. The Morgan fingerprint density at radius 3 is 2.11 bits per heavy atom. The van der Waals surface area contributed by atoms with Crippen molar-refractivity contribution in [1.82, 2.24) is 0 Å². The van der Waals surface area contributed by atoms with Gasteiger partial charge in [-0.15, -0.1) is 0 Å². The molecule has 0 spiro atoms. The van der Waals surface area contributed by atoms with E-state index in [-0.39, 0.29) is 11.6 Å². The summed E-state index contributed by atoms with van der Waals surface area (Å²) < 4.78 is 0.486. The number of azide groups is 1. The Hall–Kier alpha value is -1.18. The lowest BCUT2D eigenvalue weighted by Gasteiger charge is -2.26. The van der Waals surface area contributed by atoms with Crippen LogP contribution in [0.2, 0.25) is 0 Å². The molecule has 0 radical (unpaired) electrons. The first-order chi connectivity index (χ1) is 16.4. The second-order valence-corrected chi connectivity index (χ2v) is 12.3. The quantitative estimate of drug-likeness (QED) is 0.0597. The average Bonchev–Trinajstić information content (AvgIpc) is 2.79. The van der Waals surface area contributed by atoms with Crippen LogP contribution in [-0.4, -0.2) is 28.8 Å². The zero-order chi connectivity index (χ0) is 26.6. The van der Waals surface area contributed by atoms with Gasteiger partial charge in [0.25, 0.3) is 0 Å². The van der Waals surface area contributed by atoms with Gasteiger partial charge in [-0.1, -0.05) is 77.3 Å². The van der Waals surface area contributed by atoms with Gasteiger partial charge in [0.1, 0.15) is 0 Å². The van der Waals surface area contributed by atoms with Gasteiger partial charge in [-0.05, 0) is 85.9 Å². The zero-order valence-corrected chi connectivity index (χ0v) is 24.9. The first kappa shape index (κ1) is 31.8. The Bertz CT molecular complexity index is 838. The number of Topliss-reactive ketones (excluding diaryl/α,β-unsaturated/α-hetero) is 2. The Balaban J connectivity index is 2.50. The van der Waals surface area contributed by atoms with Gasteiger partial charge in [-0.3, -0.25) is 9.59 Å². The zero-order valence-electron chi connectivity index (χ0n) is 22.7. The largest absolute Gasteiger partial charge is 0.390 e. The van der Waals surface area contributed by atoms with Crippen LogP contribution in [0.25, 0.3) is 10.4 Å². The molecule has 0 bridgehead atoms. The third kappa shape index (κ3) is 11.6. The van der Waals surface area contributed by atoms with Crippen LogP contribution in [0.4, 0.5) is 0 Å². The molecule has 0 heterocycles. The van der Waals surface area contributed by atoms with Crippen molar-refractivity contribution in [3.63, 3.8) is 0 Å². The topological polar surface area (TPSA) is 103 Å². The summed E-state index contributed by atoms with van der Waals surface area (Å²) in [4.78, 5) is 28.0. The number of hydrogen-bond donors (Lipinski definition) is 1. The van der Waals surface area contributed by atoms with E-state index in [0.717, 1.165) is 37.5 Å². The molecule has 198 valence electrons. The minimum atomic E-state index is -0.911. The molecule has 0 amide bonds. The van der Waals surface area contributed by atoms with Crippen molar-refractivity contribution in [1.29, 1.82) is 0 Å². The van der Waals surface area contributed by atoms with Crippen molar-refractivity contribution >= 4 is 34.2 Å². The molecule has 0 aromatic rings. The van der Waals surface area contributed by atoms with Crippen LogP contribution in [0.15, 0.2) is 25.4 Å².